The second kappa shape index (κ2) is 13.4. The van der Waals surface area contributed by atoms with Crippen LogP contribution in [0.25, 0.3) is 5.69 Å². The first-order valence-corrected chi connectivity index (χ1v) is 16.0. The molecule has 0 spiro atoms. The number of nitrogens with zero attached hydrogens (tertiary/aromatic N) is 5. The smallest absolute Gasteiger partial charge is 0.255 e. The van der Waals surface area contributed by atoms with E-state index in [1.54, 1.807) is 47.7 Å². The summed E-state index contributed by atoms with van der Waals surface area (Å²) in [4.78, 5) is 27.7. The average Bonchev–Trinajstić information content (AvgIpc) is 3.83. The topological polar surface area (TPSA) is 102 Å². The van der Waals surface area contributed by atoms with Gasteiger partial charge in [-0.3, -0.25) is 14.2 Å². The molecule has 1 unspecified atom stereocenters. The van der Waals surface area contributed by atoms with Gasteiger partial charge in [0.1, 0.15) is 11.6 Å². The molecule has 1 aliphatic rings. The standard InChI is InChI=1S/C33H29FN6O3S2/c1-21-7-5-8-24(17-21)39-30(19-35-32(42)25-9-3-4-10-28(25)43-2)36-37-33(39)45-20-31(41)40-27(22-12-14-23(34)15-13-22)18-26(38-40)29-11-6-16-44-29/h3-17,27H,18-20H2,1-2H3,(H,35,42). The minimum Gasteiger partial charge on any atom is -0.496 e. The van der Waals surface area contributed by atoms with E-state index in [4.69, 9.17) is 9.84 Å². The quantitative estimate of drug-likeness (QED) is 0.183. The van der Waals surface area contributed by atoms with Crippen molar-refractivity contribution < 1.29 is 18.7 Å². The Balaban J connectivity index is 1.24. The van der Waals surface area contributed by atoms with Crippen LogP contribution in [0.2, 0.25) is 0 Å². The third-order valence-electron chi connectivity index (χ3n) is 7.27. The summed E-state index contributed by atoms with van der Waals surface area (Å²) in [6, 6.07) is 24.6. The highest BCUT2D eigenvalue weighted by Gasteiger charge is 2.33. The summed E-state index contributed by atoms with van der Waals surface area (Å²) in [5, 5.41) is 20.4. The number of thioether (sulfide) groups is 1. The van der Waals surface area contributed by atoms with Gasteiger partial charge in [0.05, 0.1) is 41.6 Å². The van der Waals surface area contributed by atoms with Crippen molar-refractivity contribution in [1.82, 2.24) is 25.1 Å². The predicted octanol–water partition coefficient (Wildman–Crippen LogP) is 6.18. The van der Waals surface area contributed by atoms with Crippen LogP contribution in [0, 0.1) is 12.7 Å². The summed E-state index contributed by atoms with van der Waals surface area (Å²) in [5.41, 5.74) is 3.87. The van der Waals surface area contributed by atoms with Crippen molar-refractivity contribution in [2.45, 2.75) is 31.1 Å². The van der Waals surface area contributed by atoms with Gasteiger partial charge in [-0.25, -0.2) is 9.40 Å². The third-order valence-corrected chi connectivity index (χ3v) is 9.10. The summed E-state index contributed by atoms with van der Waals surface area (Å²) < 4.78 is 20.9. The van der Waals surface area contributed by atoms with E-state index in [9.17, 15) is 14.0 Å². The van der Waals surface area contributed by atoms with Gasteiger partial charge in [0.2, 0.25) is 0 Å². The number of rotatable bonds is 10. The zero-order chi connectivity index (χ0) is 31.3. The maximum Gasteiger partial charge on any atom is 0.255 e. The third kappa shape index (κ3) is 6.66. The summed E-state index contributed by atoms with van der Waals surface area (Å²) in [5.74, 6) is 0.144. The minimum absolute atomic E-state index is 0.0381. The molecule has 1 atom stereocenters. The number of hydrazone groups is 1. The number of methoxy groups -OCH3 is 1. The van der Waals surface area contributed by atoms with E-state index in [-0.39, 0.29) is 36.0 Å². The van der Waals surface area contributed by atoms with Crippen molar-refractivity contribution in [2.75, 3.05) is 12.9 Å². The van der Waals surface area contributed by atoms with Crippen molar-refractivity contribution in [3.63, 3.8) is 0 Å². The van der Waals surface area contributed by atoms with E-state index < -0.39 is 0 Å². The van der Waals surface area contributed by atoms with Crippen molar-refractivity contribution >= 4 is 40.6 Å². The molecule has 0 saturated carbocycles. The number of aromatic nitrogens is 3. The molecule has 5 aromatic rings. The molecule has 2 aromatic heterocycles. The zero-order valence-corrected chi connectivity index (χ0v) is 26.1. The van der Waals surface area contributed by atoms with E-state index >= 15 is 0 Å². The van der Waals surface area contributed by atoms with Crippen LogP contribution in [0.15, 0.2) is 101 Å². The van der Waals surface area contributed by atoms with Crippen LogP contribution in [-0.4, -0.2) is 50.2 Å². The van der Waals surface area contributed by atoms with Gasteiger partial charge < -0.3 is 10.1 Å². The van der Waals surface area contributed by atoms with Crippen LogP contribution in [0.4, 0.5) is 4.39 Å². The number of benzene rings is 3. The molecule has 6 rings (SSSR count). The van der Waals surface area contributed by atoms with Gasteiger partial charge in [-0.2, -0.15) is 5.10 Å². The van der Waals surface area contributed by atoms with Crippen LogP contribution in [0.5, 0.6) is 5.75 Å². The molecule has 1 aliphatic heterocycles. The zero-order valence-electron chi connectivity index (χ0n) is 24.5. The van der Waals surface area contributed by atoms with E-state index in [1.165, 1.54) is 36.0 Å². The number of thiophene rings is 1. The number of para-hydroxylation sites is 1. The Bertz CT molecular complexity index is 1860. The fourth-order valence-corrected chi connectivity index (χ4v) is 6.63. The fourth-order valence-electron chi connectivity index (χ4n) is 5.09. The van der Waals surface area contributed by atoms with Gasteiger partial charge >= 0.3 is 0 Å². The number of hydrogen-bond acceptors (Lipinski definition) is 8. The Morgan fingerprint density at radius 1 is 1.04 bits per heavy atom. The number of carbonyl (C=O) groups excluding carboxylic acids is 2. The fraction of sp³-hybridized carbons (Fsp3) is 0.182. The van der Waals surface area contributed by atoms with E-state index in [0.717, 1.165) is 27.4 Å². The van der Waals surface area contributed by atoms with Crippen LogP contribution in [0.1, 0.15) is 44.6 Å². The highest BCUT2D eigenvalue weighted by atomic mass is 32.2. The van der Waals surface area contributed by atoms with E-state index in [0.29, 0.717) is 28.7 Å². The first-order chi connectivity index (χ1) is 21.9. The first kappa shape index (κ1) is 30.2. The molecule has 12 heteroatoms. The van der Waals surface area contributed by atoms with Gasteiger partial charge in [0, 0.05) is 12.1 Å². The lowest BCUT2D eigenvalue weighted by atomic mass is 10.0. The molecule has 0 saturated heterocycles. The second-order valence-corrected chi connectivity index (χ2v) is 12.2. The lowest BCUT2D eigenvalue weighted by Gasteiger charge is -2.22. The van der Waals surface area contributed by atoms with Gasteiger partial charge in [-0.05, 0) is 65.9 Å². The number of hydrogen-bond donors (Lipinski definition) is 1. The Morgan fingerprint density at radius 2 is 1.87 bits per heavy atom. The maximum absolute atomic E-state index is 13.7. The summed E-state index contributed by atoms with van der Waals surface area (Å²) >= 11 is 2.80. The largest absolute Gasteiger partial charge is 0.496 e. The number of nitrogens with one attached hydrogen (secondary N) is 1. The normalized spacial score (nSPS) is 14.3. The predicted molar refractivity (Wildman–Crippen MR) is 172 cm³/mol. The van der Waals surface area contributed by atoms with Gasteiger partial charge in [-0.15, -0.1) is 21.5 Å². The molecule has 2 amide bonds. The van der Waals surface area contributed by atoms with Crippen LogP contribution < -0.4 is 10.1 Å². The summed E-state index contributed by atoms with van der Waals surface area (Å²) in [7, 11) is 1.52. The Kier molecular flexibility index (Phi) is 9.03. The molecule has 0 aliphatic carbocycles. The van der Waals surface area contributed by atoms with Gasteiger partial charge in [0.25, 0.3) is 11.8 Å². The molecular formula is C33H29FN6O3S2. The van der Waals surface area contributed by atoms with Gasteiger partial charge in [0.15, 0.2) is 11.0 Å². The Hall–Kier alpha value is -4.81. The molecule has 0 fully saturated rings. The molecule has 45 heavy (non-hydrogen) atoms. The van der Waals surface area contributed by atoms with Crippen LogP contribution >= 0.6 is 23.1 Å². The van der Waals surface area contributed by atoms with Crippen LogP contribution in [0.3, 0.4) is 0 Å². The molecule has 228 valence electrons. The number of amides is 2. The number of carbonyl (C=O) groups is 2. The molecule has 3 heterocycles. The van der Waals surface area contributed by atoms with E-state index in [2.05, 4.69) is 15.5 Å². The number of halogens is 1. The Labute approximate surface area is 267 Å². The monoisotopic (exact) mass is 640 g/mol. The molecule has 0 radical (unpaired) electrons. The van der Waals surface area contributed by atoms with Gasteiger partial charge in [-0.1, -0.05) is 54.2 Å². The first-order valence-electron chi connectivity index (χ1n) is 14.2. The van der Waals surface area contributed by atoms with Crippen molar-refractivity contribution in [3.8, 4) is 11.4 Å². The molecule has 1 N–H and O–H groups in total. The summed E-state index contributed by atoms with van der Waals surface area (Å²) in [6.45, 7) is 2.08. The maximum atomic E-state index is 13.7. The molecule has 0 bridgehead atoms. The Morgan fingerprint density at radius 3 is 2.62 bits per heavy atom. The average molecular weight is 641 g/mol. The van der Waals surface area contributed by atoms with E-state index in [1.807, 2.05) is 53.3 Å². The SMILES string of the molecule is COc1ccccc1C(=O)NCc1nnc(SCC(=O)N2N=C(c3cccs3)CC2c2ccc(F)cc2)n1-c1cccc(C)c1. The lowest BCUT2D eigenvalue weighted by molar-refractivity contribution is -0.130. The highest BCUT2D eigenvalue weighted by molar-refractivity contribution is 7.99. The van der Waals surface area contributed by atoms with Crippen molar-refractivity contribution in [2.24, 2.45) is 5.10 Å². The van der Waals surface area contributed by atoms with Crippen molar-refractivity contribution in [1.29, 1.82) is 0 Å². The highest BCUT2D eigenvalue weighted by Crippen LogP contribution is 2.35. The second-order valence-electron chi connectivity index (χ2n) is 10.3. The number of aryl methyl sites for hydroxylation is 1. The molecule has 3 aromatic carbocycles. The molecule has 9 nitrogen and oxygen atoms in total. The molecular weight excluding hydrogens is 612 g/mol. The minimum atomic E-state index is -0.355. The number of ether oxygens (including phenoxy) is 1. The van der Waals surface area contributed by atoms with Crippen molar-refractivity contribution in [3.05, 3.63) is 124 Å². The summed E-state index contributed by atoms with van der Waals surface area (Å²) in [6.07, 6.45) is 0.526. The lowest BCUT2D eigenvalue weighted by Crippen LogP contribution is -2.28. The van der Waals surface area contributed by atoms with Crippen LogP contribution in [-0.2, 0) is 11.3 Å².